The topological polar surface area (TPSA) is 32.8 Å². The largest absolute Gasteiger partial charge is 0.452 e. The molecule has 3 aromatic rings. The molecule has 0 aromatic heterocycles. The van der Waals surface area contributed by atoms with E-state index in [4.69, 9.17) is 16.3 Å². The van der Waals surface area contributed by atoms with E-state index in [2.05, 4.69) is 4.90 Å². The van der Waals surface area contributed by atoms with Crippen LogP contribution in [0.5, 0.6) is 0 Å². The first-order chi connectivity index (χ1) is 16.0. The zero-order chi connectivity index (χ0) is 23.2. The summed E-state index contributed by atoms with van der Waals surface area (Å²) in [6.45, 7) is 3.08. The van der Waals surface area contributed by atoms with E-state index in [0.717, 1.165) is 59.9 Å². The summed E-state index contributed by atoms with van der Waals surface area (Å²) in [6, 6.07) is 22.1. The zero-order valence-electron chi connectivity index (χ0n) is 18.7. The average molecular weight is 467 g/mol. The average Bonchev–Trinajstić information content (AvgIpc) is 2.85. The van der Waals surface area contributed by atoms with E-state index in [9.17, 15) is 9.18 Å². The Morgan fingerprint density at radius 3 is 2.39 bits per heavy atom. The highest BCUT2D eigenvalue weighted by molar-refractivity contribution is 6.31. The van der Waals surface area contributed by atoms with Gasteiger partial charge in [-0.15, -0.1) is 0 Å². The molecule has 0 bridgehead atoms. The predicted molar refractivity (Wildman–Crippen MR) is 130 cm³/mol. The van der Waals surface area contributed by atoms with Gasteiger partial charge in [-0.3, -0.25) is 9.80 Å². The molecule has 1 saturated heterocycles. The Labute approximate surface area is 199 Å². The van der Waals surface area contributed by atoms with Crippen molar-refractivity contribution >= 4 is 23.4 Å². The van der Waals surface area contributed by atoms with Crippen molar-refractivity contribution in [2.45, 2.75) is 31.8 Å². The third-order valence-electron chi connectivity index (χ3n) is 6.25. The summed E-state index contributed by atoms with van der Waals surface area (Å²) in [6.07, 6.45) is 1.55. The molecule has 3 aromatic carbocycles. The minimum Gasteiger partial charge on any atom is -0.452 e. The number of para-hydroxylation sites is 1. The Balaban J connectivity index is 1.50. The van der Waals surface area contributed by atoms with Gasteiger partial charge in [0.2, 0.25) is 0 Å². The molecule has 1 aliphatic heterocycles. The zero-order valence-corrected chi connectivity index (χ0v) is 19.5. The smallest absolute Gasteiger partial charge is 0.414 e. The van der Waals surface area contributed by atoms with Gasteiger partial charge in [0.15, 0.2) is 0 Å². The highest BCUT2D eigenvalue weighted by Crippen LogP contribution is 2.36. The predicted octanol–water partition coefficient (Wildman–Crippen LogP) is 6.63. The van der Waals surface area contributed by atoms with Crippen LogP contribution in [-0.2, 0) is 17.8 Å². The normalized spacial score (nSPS) is 14.8. The number of benzene rings is 3. The molecule has 172 valence electrons. The number of amides is 1. The lowest BCUT2D eigenvalue weighted by Gasteiger charge is -2.34. The van der Waals surface area contributed by atoms with Crippen LogP contribution in [0.25, 0.3) is 0 Å². The first-order valence-electron chi connectivity index (χ1n) is 11.2. The number of halogens is 2. The second kappa shape index (κ2) is 10.8. The number of methoxy groups -OCH3 is 1. The maximum Gasteiger partial charge on any atom is 0.414 e. The fourth-order valence-electron chi connectivity index (χ4n) is 4.55. The van der Waals surface area contributed by atoms with Crippen LogP contribution < -0.4 is 4.90 Å². The van der Waals surface area contributed by atoms with Crippen LogP contribution in [0.1, 0.15) is 35.4 Å². The van der Waals surface area contributed by atoms with Crippen molar-refractivity contribution in [1.29, 1.82) is 0 Å². The fourth-order valence-corrected chi connectivity index (χ4v) is 4.90. The number of hydrogen-bond acceptors (Lipinski definition) is 3. The number of likely N-dealkylation sites (tertiary alicyclic amines) is 1. The number of carbonyl (C=O) groups is 1. The Bertz CT molecular complexity index is 1070. The maximum atomic E-state index is 13.2. The van der Waals surface area contributed by atoms with E-state index in [1.165, 1.54) is 19.2 Å². The summed E-state index contributed by atoms with van der Waals surface area (Å²) >= 11 is 6.70. The third-order valence-corrected chi connectivity index (χ3v) is 6.58. The number of carbonyl (C=O) groups excluding carboxylic acids is 1. The lowest BCUT2D eigenvalue weighted by molar-refractivity contribution is 0.178. The lowest BCUT2D eigenvalue weighted by atomic mass is 9.86. The van der Waals surface area contributed by atoms with Crippen LogP contribution in [0.3, 0.4) is 0 Å². The highest BCUT2D eigenvalue weighted by atomic mass is 35.5. The molecule has 1 fully saturated rings. The van der Waals surface area contributed by atoms with E-state index in [1.54, 1.807) is 4.90 Å². The molecule has 0 spiro atoms. The van der Waals surface area contributed by atoms with Gasteiger partial charge in [0.1, 0.15) is 5.82 Å². The second-order valence-electron chi connectivity index (χ2n) is 8.38. The first-order valence-corrected chi connectivity index (χ1v) is 11.6. The van der Waals surface area contributed by atoms with Crippen LogP contribution in [0.2, 0.25) is 5.02 Å². The first kappa shape index (κ1) is 23.3. The summed E-state index contributed by atoms with van der Waals surface area (Å²) in [5, 5.41) is 0.738. The standard InChI is InChI=1S/C27H28ClFN2O2/c1-33-27(32)31(24-7-3-2-4-8-24)19-22-6-5-9-25(28)26(22)21-14-16-30(17-15-21)18-20-10-12-23(29)13-11-20/h2-13,21H,14-19H2,1H3. The molecule has 1 amide bonds. The summed E-state index contributed by atoms with van der Waals surface area (Å²) in [4.78, 5) is 16.6. The van der Waals surface area contributed by atoms with Crippen LogP contribution in [-0.4, -0.2) is 31.2 Å². The fraction of sp³-hybridized carbons (Fsp3) is 0.296. The van der Waals surface area contributed by atoms with Crippen molar-refractivity contribution in [2.75, 3.05) is 25.1 Å². The van der Waals surface area contributed by atoms with Crippen molar-refractivity contribution in [1.82, 2.24) is 4.90 Å². The van der Waals surface area contributed by atoms with E-state index in [0.29, 0.717) is 12.5 Å². The number of rotatable bonds is 6. The molecule has 0 N–H and O–H groups in total. The van der Waals surface area contributed by atoms with Gasteiger partial charge in [-0.25, -0.2) is 9.18 Å². The van der Waals surface area contributed by atoms with Gasteiger partial charge in [-0.05, 0) is 78.9 Å². The van der Waals surface area contributed by atoms with E-state index >= 15 is 0 Å². The molecule has 0 unspecified atom stereocenters. The third kappa shape index (κ3) is 5.73. The quantitative estimate of drug-likeness (QED) is 0.408. The molecule has 4 rings (SSSR count). The highest BCUT2D eigenvalue weighted by Gasteiger charge is 2.26. The molecule has 1 heterocycles. The van der Waals surface area contributed by atoms with Crippen molar-refractivity contribution in [3.05, 3.63) is 100 Å². The summed E-state index contributed by atoms with van der Waals surface area (Å²) in [7, 11) is 1.40. The van der Waals surface area contributed by atoms with Gasteiger partial charge < -0.3 is 4.74 Å². The van der Waals surface area contributed by atoms with Gasteiger partial charge >= 0.3 is 6.09 Å². The molecular weight excluding hydrogens is 439 g/mol. The molecule has 6 heteroatoms. The molecule has 1 aliphatic rings. The number of hydrogen-bond donors (Lipinski definition) is 0. The Morgan fingerprint density at radius 1 is 1.03 bits per heavy atom. The monoisotopic (exact) mass is 466 g/mol. The SMILES string of the molecule is COC(=O)N(Cc1cccc(Cl)c1C1CCN(Cc2ccc(F)cc2)CC1)c1ccccc1. The maximum absolute atomic E-state index is 13.2. The second-order valence-corrected chi connectivity index (χ2v) is 8.79. The van der Waals surface area contributed by atoms with Gasteiger partial charge in [0.05, 0.1) is 13.7 Å². The van der Waals surface area contributed by atoms with Crippen molar-refractivity contribution in [3.63, 3.8) is 0 Å². The van der Waals surface area contributed by atoms with Crippen LogP contribution in [0, 0.1) is 5.82 Å². The molecule has 0 radical (unpaired) electrons. The van der Waals surface area contributed by atoms with Crippen molar-refractivity contribution in [3.8, 4) is 0 Å². The molecule has 4 nitrogen and oxygen atoms in total. The Morgan fingerprint density at radius 2 is 1.73 bits per heavy atom. The van der Waals surface area contributed by atoms with Gasteiger partial charge in [-0.2, -0.15) is 0 Å². The van der Waals surface area contributed by atoms with Crippen LogP contribution in [0.4, 0.5) is 14.9 Å². The number of ether oxygens (including phenoxy) is 1. The molecule has 0 aliphatic carbocycles. The number of piperidine rings is 1. The van der Waals surface area contributed by atoms with Gasteiger partial charge in [-0.1, -0.05) is 54.1 Å². The number of anilines is 1. The Kier molecular flexibility index (Phi) is 7.63. The van der Waals surface area contributed by atoms with E-state index in [1.807, 2.05) is 60.7 Å². The molecular formula is C27H28ClFN2O2. The summed E-state index contributed by atoms with van der Waals surface area (Å²) in [5.74, 6) is 0.105. The molecule has 0 saturated carbocycles. The molecule has 33 heavy (non-hydrogen) atoms. The van der Waals surface area contributed by atoms with Gasteiger partial charge in [0, 0.05) is 17.3 Å². The van der Waals surface area contributed by atoms with E-state index in [-0.39, 0.29) is 5.82 Å². The lowest BCUT2D eigenvalue weighted by Crippen LogP contribution is -2.34. The van der Waals surface area contributed by atoms with Gasteiger partial charge in [0.25, 0.3) is 0 Å². The Hall–Kier alpha value is -2.89. The minimum atomic E-state index is -0.402. The van der Waals surface area contributed by atoms with Crippen LogP contribution >= 0.6 is 11.6 Å². The van der Waals surface area contributed by atoms with E-state index < -0.39 is 6.09 Å². The summed E-state index contributed by atoms with van der Waals surface area (Å²) in [5.41, 5.74) is 4.05. The van der Waals surface area contributed by atoms with Crippen molar-refractivity contribution in [2.24, 2.45) is 0 Å². The van der Waals surface area contributed by atoms with Crippen LogP contribution in [0.15, 0.2) is 72.8 Å². The summed E-state index contributed by atoms with van der Waals surface area (Å²) < 4.78 is 18.2. The van der Waals surface area contributed by atoms with Crippen molar-refractivity contribution < 1.29 is 13.9 Å². The number of nitrogens with zero attached hydrogens (tertiary/aromatic N) is 2. The molecule has 0 atom stereocenters. The minimum absolute atomic E-state index is 0.208.